The van der Waals surface area contributed by atoms with Gasteiger partial charge in [0, 0.05) is 19.0 Å². The Hall–Kier alpha value is -3.23. The van der Waals surface area contributed by atoms with Gasteiger partial charge in [-0.15, -0.1) is 10.2 Å². The van der Waals surface area contributed by atoms with Gasteiger partial charge in [-0.05, 0) is 38.8 Å². The van der Waals surface area contributed by atoms with E-state index in [0.29, 0.717) is 31.0 Å². The third-order valence-corrected chi connectivity index (χ3v) is 4.76. The van der Waals surface area contributed by atoms with Crippen molar-refractivity contribution in [1.82, 2.24) is 19.6 Å². The molecule has 160 valence electrons. The van der Waals surface area contributed by atoms with Crippen molar-refractivity contribution in [2.75, 3.05) is 25.6 Å². The number of aryl methyl sites for hydroxylation is 1. The van der Waals surface area contributed by atoms with Gasteiger partial charge in [0.1, 0.15) is 23.8 Å². The number of methoxy groups -OCH3 is 1. The maximum atomic E-state index is 11.8. The van der Waals surface area contributed by atoms with Crippen LogP contribution in [-0.2, 0) is 14.3 Å². The molecule has 0 atom stereocenters. The van der Waals surface area contributed by atoms with E-state index in [1.54, 1.807) is 14.0 Å². The van der Waals surface area contributed by atoms with E-state index in [9.17, 15) is 9.59 Å². The smallest absolute Gasteiger partial charge is 0.313 e. The van der Waals surface area contributed by atoms with Gasteiger partial charge in [-0.2, -0.15) is 0 Å². The highest BCUT2D eigenvalue weighted by molar-refractivity contribution is 5.95. The Morgan fingerprint density at radius 1 is 1.17 bits per heavy atom. The van der Waals surface area contributed by atoms with E-state index in [1.807, 2.05) is 29.5 Å². The van der Waals surface area contributed by atoms with Crippen molar-refractivity contribution < 1.29 is 19.1 Å². The summed E-state index contributed by atoms with van der Waals surface area (Å²) in [4.78, 5) is 27.8. The number of ether oxygens (including phenoxy) is 2. The lowest BCUT2D eigenvalue weighted by Gasteiger charge is -2.10. The predicted octanol–water partition coefficient (Wildman–Crippen LogP) is 3.09. The van der Waals surface area contributed by atoms with Crippen LogP contribution in [0.3, 0.4) is 0 Å². The van der Waals surface area contributed by atoms with Crippen molar-refractivity contribution in [1.29, 1.82) is 0 Å². The number of hydrogen-bond acceptors (Lipinski definition) is 8. The zero-order chi connectivity index (χ0) is 21.5. The van der Waals surface area contributed by atoms with Crippen LogP contribution in [0, 0.1) is 6.92 Å². The quantitative estimate of drug-likeness (QED) is 0.290. The maximum Gasteiger partial charge on any atom is 0.313 e. The van der Waals surface area contributed by atoms with Gasteiger partial charge in [0.2, 0.25) is 5.65 Å². The van der Waals surface area contributed by atoms with Gasteiger partial charge in [0.15, 0.2) is 5.82 Å². The molecule has 2 heterocycles. The average molecular weight is 413 g/mol. The first kappa shape index (κ1) is 21.5. The van der Waals surface area contributed by atoms with Crippen LogP contribution in [0.15, 0.2) is 18.2 Å². The minimum Gasteiger partial charge on any atom is -0.497 e. The normalized spacial score (nSPS) is 11.0. The van der Waals surface area contributed by atoms with E-state index in [1.165, 1.54) is 0 Å². The summed E-state index contributed by atoms with van der Waals surface area (Å²) in [5.41, 5.74) is 2.38. The monoisotopic (exact) mass is 413 g/mol. The SMILES string of the molecule is CCOC(=O)CC(=O)CCCCCNc1nc2cc(OC)ccc2n2c(C)nnc12. The second-order valence-electron chi connectivity index (χ2n) is 6.98. The highest BCUT2D eigenvalue weighted by Gasteiger charge is 2.14. The largest absolute Gasteiger partial charge is 0.497 e. The van der Waals surface area contributed by atoms with Crippen LogP contribution in [0.1, 0.15) is 44.9 Å². The number of aromatic nitrogens is 4. The molecule has 0 bridgehead atoms. The first-order valence-electron chi connectivity index (χ1n) is 10.1. The number of rotatable bonds is 11. The van der Waals surface area contributed by atoms with Crippen LogP contribution in [0.4, 0.5) is 5.82 Å². The number of carbonyl (C=O) groups is 2. The van der Waals surface area contributed by atoms with E-state index in [0.717, 1.165) is 41.9 Å². The van der Waals surface area contributed by atoms with Gasteiger partial charge >= 0.3 is 5.97 Å². The van der Waals surface area contributed by atoms with Crippen LogP contribution in [-0.4, -0.2) is 51.6 Å². The fourth-order valence-corrected chi connectivity index (χ4v) is 3.29. The van der Waals surface area contributed by atoms with Crippen LogP contribution in [0.5, 0.6) is 5.75 Å². The Balaban J connectivity index is 1.57. The van der Waals surface area contributed by atoms with E-state index in [4.69, 9.17) is 14.5 Å². The number of esters is 1. The lowest BCUT2D eigenvalue weighted by Crippen LogP contribution is -2.11. The number of benzene rings is 1. The topological polar surface area (TPSA) is 108 Å². The van der Waals surface area contributed by atoms with E-state index >= 15 is 0 Å². The number of anilines is 1. The highest BCUT2D eigenvalue weighted by atomic mass is 16.5. The summed E-state index contributed by atoms with van der Waals surface area (Å²) in [5, 5.41) is 11.8. The molecular formula is C21H27N5O4. The predicted molar refractivity (Wildman–Crippen MR) is 113 cm³/mol. The summed E-state index contributed by atoms with van der Waals surface area (Å²) in [5.74, 6) is 1.65. The second kappa shape index (κ2) is 10.00. The minimum absolute atomic E-state index is 0.0767. The summed E-state index contributed by atoms with van der Waals surface area (Å²) in [6.45, 7) is 4.62. The zero-order valence-electron chi connectivity index (χ0n) is 17.6. The third kappa shape index (κ3) is 5.03. The summed E-state index contributed by atoms with van der Waals surface area (Å²) >= 11 is 0. The molecular weight excluding hydrogens is 386 g/mol. The van der Waals surface area contributed by atoms with Crippen molar-refractivity contribution in [3.63, 3.8) is 0 Å². The van der Waals surface area contributed by atoms with Crippen molar-refractivity contribution >= 4 is 34.3 Å². The van der Waals surface area contributed by atoms with Crippen LogP contribution >= 0.6 is 0 Å². The Kier molecular flexibility index (Phi) is 7.16. The van der Waals surface area contributed by atoms with Crippen LogP contribution in [0.25, 0.3) is 16.7 Å². The number of unbranched alkanes of at least 4 members (excludes halogenated alkanes) is 2. The molecule has 0 saturated heterocycles. The molecule has 0 spiro atoms. The van der Waals surface area contributed by atoms with Crippen molar-refractivity contribution in [3.05, 3.63) is 24.0 Å². The third-order valence-electron chi connectivity index (χ3n) is 4.76. The first-order chi connectivity index (χ1) is 14.5. The van der Waals surface area contributed by atoms with Crippen LogP contribution in [0.2, 0.25) is 0 Å². The number of nitrogens with one attached hydrogen (secondary N) is 1. The molecule has 2 aromatic heterocycles. The van der Waals surface area contributed by atoms with Gasteiger partial charge in [-0.3, -0.25) is 14.0 Å². The molecule has 1 N–H and O–H groups in total. The van der Waals surface area contributed by atoms with E-state index < -0.39 is 5.97 Å². The fraction of sp³-hybridized carbons (Fsp3) is 0.476. The number of carbonyl (C=O) groups excluding carboxylic acids is 2. The molecule has 0 aliphatic heterocycles. The molecule has 30 heavy (non-hydrogen) atoms. The molecule has 3 aromatic rings. The molecule has 0 saturated carbocycles. The minimum atomic E-state index is -0.448. The number of ketones is 1. The lowest BCUT2D eigenvalue weighted by molar-refractivity contribution is -0.145. The number of fused-ring (bicyclic) bond motifs is 3. The zero-order valence-corrected chi connectivity index (χ0v) is 17.6. The number of Topliss-reactive ketones (excluding diaryl/α,β-unsaturated/α-hetero) is 1. The first-order valence-corrected chi connectivity index (χ1v) is 10.1. The van der Waals surface area contributed by atoms with Crippen molar-refractivity contribution in [2.24, 2.45) is 0 Å². The molecule has 9 heteroatoms. The summed E-state index contributed by atoms with van der Waals surface area (Å²) in [6, 6.07) is 5.72. The van der Waals surface area contributed by atoms with Crippen molar-refractivity contribution in [2.45, 2.75) is 46.0 Å². The molecule has 0 aliphatic carbocycles. The maximum absolute atomic E-state index is 11.8. The molecule has 0 radical (unpaired) electrons. The molecule has 0 unspecified atom stereocenters. The van der Waals surface area contributed by atoms with Gasteiger partial charge in [-0.25, -0.2) is 4.98 Å². The molecule has 9 nitrogen and oxygen atoms in total. The van der Waals surface area contributed by atoms with Gasteiger partial charge in [0.25, 0.3) is 0 Å². The lowest BCUT2D eigenvalue weighted by atomic mass is 10.1. The molecule has 3 rings (SSSR count). The fourth-order valence-electron chi connectivity index (χ4n) is 3.29. The Bertz CT molecular complexity index is 1050. The van der Waals surface area contributed by atoms with Crippen LogP contribution < -0.4 is 10.1 Å². The van der Waals surface area contributed by atoms with E-state index in [2.05, 4.69) is 15.5 Å². The standard InChI is InChI=1S/C21H27N5O4/c1-4-30-19(28)12-15(27)8-6-5-7-11-22-20-21-25-24-14(2)26(21)18-10-9-16(29-3)13-17(18)23-20/h9-10,13H,4-8,11-12H2,1-3H3,(H,22,23). The molecule has 0 aliphatic rings. The molecule has 0 amide bonds. The van der Waals surface area contributed by atoms with Gasteiger partial charge in [0.05, 0.1) is 24.8 Å². The van der Waals surface area contributed by atoms with Gasteiger partial charge < -0.3 is 14.8 Å². The Morgan fingerprint density at radius 3 is 2.77 bits per heavy atom. The summed E-state index contributed by atoms with van der Waals surface area (Å²) in [6.07, 6.45) is 2.72. The average Bonchev–Trinajstić information content (AvgIpc) is 3.12. The summed E-state index contributed by atoms with van der Waals surface area (Å²) < 4.78 is 12.1. The number of hydrogen-bond donors (Lipinski definition) is 1. The number of nitrogens with zero attached hydrogens (tertiary/aromatic N) is 4. The Labute approximate surface area is 174 Å². The molecule has 0 fully saturated rings. The summed E-state index contributed by atoms with van der Waals surface area (Å²) in [7, 11) is 1.63. The highest BCUT2D eigenvalue weighted by Crippen LogP contribution is 2.25. The van der Waals surface area contributed by atoms with Crippen molar-refractivity contribution in [3.8, 4) is 5.75 Å². The second-order valence-corrected chi connectivity index (χ2v) is 6.98. The molecule has 1 aromatic carbocycles. The van der Waals surface area contributed by atoms with Gasteiger partial charge in [-0.1, -0.05) is 6.42 Å². The van der Waals surface area contributed by atoms with E-state index in [-0.39, 0.29) is 12.2 Å². The Morgan fingerprint density at radius 2 is 2.00 bits per heavy atom.